The monoisotopic (exact) mass is 270 g/mol. The fourth-order valence-corrected chi connectivity index (χ4v) is 1.94. The van der Waals surface area contributed by atoms with Gasteiger partial charge in [-0.15, -0.1) is 0 Å². The van der Waals surface area contributed by atoms with Crippen LogP contribution in [0.4, 0.5) is 0 Å². The summed E-state index contributed by atoms with van der Waals surface area (Å²) in [6.07, 6.45) is -0.712. The van der Waals surface area contributed by atoms with Crippen LogP contribution < -0.4 is 4.74 Å². The van der Waals surface area contributed by atoms with Crippen molar-refractivity contribution in [1.82, 2.24) is 0 Å². The van der Waals surface area contributed by atoms with Gasteiger partial charge in [0.1, 0.15) is 18.5 Å². The molecule has 0 heterocycles. The van der Waals surface area contributed by atoms with E-state index in [4.69, 9.17) is 4.74 Å². The molecule has 0 saturated heterocycles. The molecule has 3 heteroatoms. The van der Waals surface area contributed by atoms with Crippen LogP contribution in [0.1, 0.15) is 34.5 Å². The molecule has 0 fully saturated rings. The van der Waals surface area contributed by atoms with Crippen LogP contribution in [0.2, 0.25) is 0 Å². The minimum Gasteiger partial charge on any atom is -0.490 e. The van der Waals surface area contributed by atoms with Gasteiger partial charge in [-0.1, -0.05) is 42.0 Å². The summed E-state index contributed by atoms with van der Waals surface area (Å²) in [6, 6.07) is 14.7. The highest BCUT2D eigenvalue weighted by molar-refractivity contribution is 5.96. The molecule has 2 aromatic rings. The van der Waals surface area contributed by atoms with Crippen molar-refractivity contribution in [2.24, 2.45) is 0 Å². The van der Waals surface area contributed by atoms with Gasteiger partial charge in [-0.2, -0.15) is 0 Å². The first kappa shape index (κ1) is 14.3. The Bertz CT molecular complexity index is 587. The number of ketones is 1. The Morgan fingerprint density at radius 1 is 1.15 bits per heavy atom. The normalized spacial score (nSPS) is 11.9. The van der Waals surface area contributed by atoms with E-state index in [2.05, 4.69) is 0 Å². The van der Waals surface area contributed by atoms with Gasteiger partial charge in [-0.05, 0) is 31.5 Å². The minimum atomic E-state index is -0.712. The highest BCUT2D eigenvalue weighted by atomic mass is 16.5. The molecule has 1 unspecified atom stereocenters. The van der Waals surface area contributed by atoms with E-state index in [0.717, 1.165) is 11.1 Å². The molecule has 0 saturated carbocycles. The quantitative estimate of drug-likeness (QED) is 0.848. The summed E-state index contributed by atoms with van der Waals surface area (Å²) < 4.78 is 5.57. The number of hydrogen-bond acceptors (Lipinski definition) is 3. The second-order valence-electron chi connectivity index (χ2n) is 4.79. The van der Waals surface area contributed by atoms with Gasteiger partial charge >= 0.3 is 0 Å². The third-order valence-corrected chi connectivity index (χ3v) is 3.13. The maximum absolute atomic E-state index is 11.5. The molecule has 0 amide bonds. The summed E-state index contributed by atoms with van der Waals surface area (Å²) in [5.74, 6) is 0.455. The highest BCUT2D eigenvalue weighted by Gasteiger charge is 2.11. The SMILES string of the molecule is CC(=O)c1ccccc1OCC(O)c1ccc(C)cc1. The van der Waals surface area contributed by atoms with Crippen LogP contribution in [0.5, 0.6) is 5.75 Å². The minimum absolute atomic E-state index is 0.0505. The van der Waals surface area contributed by atoms with Crippen LogP contribution in [0.3, 0.4) is 0 Å². The van der Waals surface area contributed by atoms with E-state index in [-0.39, 0.29) is 12.4 Å². The van der Waals surface area contributed by atoms with Gasteiger partial charge in [-0.25, -0.2) is 0 Å². The number of carbonyl (C=O) groups excluding carboxylic acids is 1. The summed E-state index contributed by atoms with van der Waals surface area (Å²) in [4.78, 5) is 11.5. The Labute approximate surface area is 118 Å². The van der Waals surface area contributed by atoms with Gasteiger partial charge in [0.2, 0.25) is 0 Å². The third-order valence-electron chi connectivity index (χ3n) is 3.13. The zero-order valence-corrected chi connectivity index (χ0v) is 11.7. The molecule has 0 spiro atoms. The predicted molar refractivity (Wildman–Crippen MR) is 78.1 cm³/mol. The number of ether oxygens (including phenoxy) is 1. The van der Waals surface area contributed by atoms with Crippen molar-refractivity contribution in [3.05, 3.63) is 65.2 Å². The Hall–Kier alpha value is -2.13. The lowest BCUT2D eigenvalue weighted by Gasteiger charge is -2.14. The van der Waals surface area contributed by atoms with Crippen molar-refractivity contribution < 1.29 is 14.6 Å². The zero-order chi connectivity index (χ0) is 14.5. The number of aryl methyl sites for hydroxylation is 1. The number of rotatable bonds is 5. The molecule has 0 aromatic heterocycles. The Morgan fingerprint density at radius 3 is 2.45 bits per heavy atom. The van der Waals surface area contributed by atoms with Gasteiger partial charge in [0.15, 0.2) is 5.78 Å². The molecule has 2 aromatic carbocycles. The van der Waals surface area contributed by atoms with Crippen molar-refractivity contribution in [3.8, 4) is 5.75 Å². The second-order valence-corrected chi connectivity index (χ2v) is 4.79. The molecule has 0 bridgehead atoms. The largest absolute Gasteiger partial charge is 0.490 e. The summed E-state index contributed by atoms with van der Waals surface area (Å²) in [7, 11) is 0. The van der Waals surface area contributed by atoms with Crippen molar-refractivity contribution in [3.63, 3.8) is 0 Å². The van der Waals surface area contributed by atoms with Crippen molar-refractivity contribution in [2.45, 2.75) is 20.0 Å². The van der Waals surface area contributed by atoms with Crippen LogP contribution >= 0.6 is 0 Å². The Kier molecular flexibility index (Phi) is 4.53. The van der Waals surface area contributed by atoms with Crippen molar-refractivity contribution in [2.75, 3.05) is 6.61 Å². The fourth-order valence-electron chi connectivity index (χ4n) is 1.94. The van der Waals surface area contributed by atoms with Gasteiger partial charge in [-0.3, -0.25) is 4.79 Å². The Morgan fingerprint density at radius 2 is 1.80 bits per heavy atom. The van der Waals surface area contributed by atoms with Crippen molar-refractivity contribution in [1.29, 1.82) is 0 Å². The fraction of sp³-hybridized carbons (Fsp3) is 0.235. The third kappa shape index (κ3) is 3.45. The molecule has 104 valence electrons. The van der Waals surface area contributed by atoms with Gasteiger partial charge in [0, 0.05) is 0 Å². The molecule has 1 N–H and O–H groups in total. The molecular weight excluding hydrogens is 252 g/mol. The summed E-state index contributed by atoms with van der Waals surface area (Å²) in [5.41, 5.74) is 2.48. The second kappa shape index (κ2) is 6.35. The number of hydrogen-bond donors (Lipinski definition) is 1. The molecule has 3 nitrogen and oxygen atoms in total. The standard InChI is InChI=1S/C17H18O3/c1-12-7-9-14(10-8-12)16(19)11-20-17-6-4-3-5-15(17)13(2)18/h3-10,16,19H,11H2,1-2H3. The molecule has 2 rings (SSSR count). The molecule has 0 aliphatic carbocycles. The average molecular weight is 270 g/mol. The predicted octanol–water partition coefficient (Wildman–Crippen LogP) is 3.31. The van der Waals surface area contributed by atoms with E-state index in [1.165, 1.54) is 6.92 Å². The summed E-state index contributed by atoms with van der Waals surface area (Å²) in [6.45, 7) is 3.61. The number of benzene rings is 2. The molecular formula is C17H18O3. The first-order valence-electron chi connectivity index (χ1n) is 6.55. The zero-order valence-electron chi connectivity index (χ0n) is 11.7. The van der Waals surface area contributed by atoms with Crippen LogP contribution in [0.25, 0.3) is 0 Å². The number of aliphatic hydroxyl groups excluding tert-OH is 1. The first-order valence-corrected chi connectivity index (χ1v) is 6.55. The van der Waals surface area contributed by atoms with E-state index >= 15 is 0 Å². The summed E-state index contributed by atoms with van der Waals surface area (Å²) in [5, 5.41) is 10.1. The smallest absolute Gasteiger partial charge is 0.163 e. The van der Waals surface area contributed by atoms with E-state index in [0.29, 0.717) is 11.3 Å². The lowest BCUT2D eigenvalue weighted by atomic mass is 10.1. The van der Waals surface area contributed by atoms with E-state index in [9.17, 15) is 9.90 Å². The first-order chi connectivity index (χ1) is 9.58. The summed E-state index contributed by atoms with van der Waals surface area (Å²) >= 11 is 0. The van der Waals surface area contributed by atoms with Gasteiger partial charge < -0.3 is 9.84 Å². The Balaban J connectivity index is 2.05. The van der Waals surface area contributed by atoms with Crippen LogP contribution in [0, 0.1) is 6.92 Å². The van der Waals surface area contributed by atoms with Crippen LogP contribution in [-0.2, 0) is 0 Å². The molecule has 1 atom stereocenters. The van der Waals surface area contributed by atoms with Crippen LogP contribution in [0.15, 0.2) is 48.5 Å². The van der Waals surface area contributed by atoms with Gasteiger partial charge in [0.05, 0.1) is 5.56 Å². The average Bonchev–Trinajstić information content (AvgIpc) is 2.45. The number of carbonyl (C=O) groups is 1. The highest BCUT2D eigenvalue weighted by Crippen LogP contribution is 2.21. The molecule has 20 heavy (non-hydrogen) atoms. The van der Waals surface area contributed by atoms with Crippen molar-refractivity contribution >= 4 is 5.78 Å². The maximum Gasteiger partial charge on any atom is 0.163 e. The van der Waals surface area contributed by atoms with Crippen LogP contribution in [-0.4, -0.2) is 17.5 Å². The topological polar surface area (TPSA) is 46.5 Å². The number of Topliss-reactive ketones (excluding diaryl/α,β-unsaturated/α-hetero) is 1. The van der Waals surface area contributed by atoms with Gasteiger partial charge in [0.25, 0.3) is 0 Å². The lowest BCUT2D eigenvalue weighted by Crippen LogP contribution is -2.11. The van der Waals surface area contributed by atoms with E-state index < -0.39 is 6.10 Å². The molecule has 0 aliphatic rings. The molecule has 0 radical (unpaired) electrons. The molecule has 0 aliphatic heterocycles. The van der Waals surface area contributed by atoms with E-state index in [1.54, 1.807) is 24.3 Å². The maximum atomic E-state index is 11.5. The number of aliphatic hydroxyl groups is 1. The number of para-hydroxylation sites is 1. The van der Waals surface area contributed by atoms with E-state index in [1.807, 2.05) is 31.2 Å². The lowest BCUT2D eigenvalue weighted by molar-refractivity contribution is 0.0977.